The van der Waals surface area contributed by atoms with Gasteiger partial charge in [-0.2, -0.15) is 0 Å². The number of nitro groups is 1. The fourth-order valence-electron chi connectivity index (χ4n) is 3.49. The molecule has 0 radical (unpaired) electrons. The van der Waals surface area contributed by atoms with Crippen molar-refractivity contribution in [3.8, 4) is 0 Å². The molecule has 1 aromatic heterocycles. The topological polar surface area (TPSA) is 77.2 Å². The van der Waals surface area contributed by atoms with Crippen LogP contribution in [0.5, 0.6) is 0 Å². The lowest BCUT2D eigenvalue weighted by atomic mass is 9.87. The van der Waals surface area contributed by atoms with E-state index < -0.39 is 4.92 Å². The van der Waals surface area contributed by atoms with Crippen LogP contribution in [0.1, 0.15) is 37.3 Å². The first-order valence-corrected chi connectivity index (χ1v) is 9.41. The maximum atomic E-state index is 12.6. The number of aryl methyl sites for hydroxylation is 1. The molecule has 1 heterocycles. The largest absolute Gasteiger partial charge is 0.356 e. The van der Waals surface area contributed by atoms with E-state index in [1.807, 2.05) is 62.0 Å². The van der Waals surface area contributed by atoms with E-state index in [0.29, 0.717) is 12.5 Å². The van der Waals surface area contributed by atoms with Crippen molar-refractivity contribution in [2.24, 2.45) is 13.0 Å². The Kier molecular flexibility index (Phi) is 5.78. The van der Waals surface area contributed by atoms with Crippen LogP contribution in [0, 0.1) is 16.0 Å². The summed E-state index contributed by atoms with van der Waals surface area (Å²) in [6.45, 7) is 4.70. The van der Waals surface area contributed by atoms with Crippen molar-refractivity contribution in [2.75, 3.05) is 6.54 Å². The van der Waals surface area contributed by atoms with Gasteiger partial charge in [0.25, 0.3) is 5.69 Å². The second-order valence-electron chi connectivity index (χ2n) is 7.52. The molecule has 146 valence electrons. The van der Waals surface area contributed by atoms with Crippen LogP contribution in [-0.4, -0.2) is 21.9 Å². The van der Waals surface area contributed by atoms with Crippen molar-refractivity contribution in [1.82, 2.24) is 9.88 Å². The summed E-state index contributed by atoms with van der Waals surface area (Å²) in [7, 11) is 1.97. The Morgan fingerprint density at radius 2 is 1.93 bits per heavy atom. The van der Waals surface area contributed by atoms with Crippen molar-refractivity contribution >= 4 is 22.5 Å². The van der Waals surface area contributed by atoms with Gasteiger partial charge in [-0.15, -0.1) is 0 Å². The number of rotatable bonds is 7. The van der Waals surface area contributed by atoms with Crippen molar-refractivity contribution in [3.05, 3.63) is 76.0 Å². The van der Waals surface area contributed by atoms with E-state index in [0.717, 1.165) is 22.0 Å². The van der Waals surface area contributed by atoms with E-state index in [4.69, 9.17) is 0 Å². The molecule has 0 aliphatic rings. The summed E-state index contributed by atoms with van der Waals surface area (Å²) < 4.78 is 2.03. The molecule has 0 bridgehead atoms. The van der Waals surface area contributed by atoms with Crippen LogP contribution in [0.15, 0.2) is 54.7 Å². The standard InChI is InChI=1S/C22H25N3O3/c1-15(2)13-23-22(26)12-19(16-7-6-8-17(11-16)25(27)28)20-14-24(3)21-10-5-4-9-18(20)21/h4-11,14-15,19H,12-13H2,1-3H3,(H,23,26)/t19-/m0/s1. The molecule has 0 saturated heterocycles. The van der Waals surface area contributed by atoms with Crippen molar-refractivity contribution in [2.45, 2.75) is 26.2 Å². The molecule has 6 heteroatoms. The number of hydrogen-bond acceptors (Lipinski definition) is 3. The molecular weight excluding hydrogens is 354 g/mol. The molecular formula is C22H25N3O3. The van der Waals surface area contributed by atoms with E-state index in [-0.39, 0.29) is 23.9 Å². The van der Waals surface area contributed by atoms with E-state index in [9.17, 15) is 14.9 Å². The molecule has 0 spiro atoms. The van der Waals surface area contributed by atoms with Gasteiger partial charge >= 0.3 is 0 Å². The minimum atomic E-state index is -0.400. The molecule has 0 fully saturated rings. The van der Waals surface area contributed by atoms with Gasteiger partial charge in [-0.25, -0.2) is 0 Å². The normalized spacial score (nSPS) is 12.3. The third kappa shape index (κ3) is 4.22. The van der Waals surface area contributed by atoms with E-state index in [1.165, 1.54) is 6.07 Å². The molecule has 0 unspecified atom stereocenters. The van der Waals surface area contributed by atoms with Crippen LogP contribution in [0.2, 0.25) is 0 Å². The Hall–Kier alpha value is -3.15. The minimum absolute atomic E-state index is 0.0327. The number of amides is 1. The maximum Gasteiger partial charge on any atom is 0.269 e. The summed E-state index contributed by atoms with van der Waals surface area (Å²) in [5.41, 5.74) is 2.87. The van der Waals surface area contributed by atoms with Gasteiger partial charge < -0.3 is 9.88 Å². The number of aromatic nitrogens is 1. The number of para-hydroxylation sites is 1. The first kappa shape index (κ1) is 19.6. The highest BCUT2D eigenvalue weighted by molar-refractivity contribution is 5.86. The number of hydrogen-bond donors (Lipinski definition) is 1. The Labute approximate surface area is 164 Å². The van der Waals surface area contributed by atoms with Gasteiger partial charge in [-0.1, -0.05) is 44.2 Å². The second-order valence-corrected chi connectivity index (χ2v) is 7.52. The lowest BCUT2D eigenvalue weighted by Gasteiger charge is -2.18. The average Bonchev–Trinajstić information content (AvgIpc) is 3.01. The third-order valence-electron chi connectivity index (χ3n) is 4.88. The quantitative estimate of drug-likeness (QED) is 0.489. The number of nitrogens with zero attached hydrogens (tertiary/aromatic N) is 2. The predicted octanol–water partition coefficient (Wildman–Crippen LogP) is 4.38. The minimum Gasteiger partial charge on any atom is -0.356 e. The molecule has 6 nitrogen and oxygen atoms in total. The smallest absolute Gasteiger partial charge is 0.269 e. The van der Waals surface area contributed by atoms with E-state index in [1.54, 1.807) is 12.1 Å². The number of carbonyl (C=O) groups is 1. The van der Waals surface area contributed by atoms with Gasteiger partial charge in [0.1, 0.15) is 0 Å². The molecule has 1 amide bonds. The zero-order chi connectivity index (χ0) is 20.3. The number of non-ortho nitro benzene ring substituents is 1. The molecule has 0 saturated carbocycles. The third-order valence-corrected chi connectivity index (χ3v) is 4.88. The molecule has 1 atom stereocenters. The Morgan fingerprint density at radius 3 is 2.64 bits per heavy atom. The van der Waals surface area contributed by atoms with Crippen molar-refractivity contribution < 1.29 is 9.72 Å². The van der Waals surface area contributed by atoms with Crippen molar-refractivity contribution in [1.29, 1.82) is 0 Å². The molecule has 3 rings (SSSR count). The molecule has 3 aromatic rings. The van der Waals surface area contributed by atoms with Gasteiger partial charge in [-0.3, -0.25) is 14.9 Å². The summed E-state index contributed by atoms with van der Waals surface area (Å²) in [5.74, 6) is 0.0362. The van der Waals surface area contributed by atoms with Crippen LogP contribution in [0.25, 0.3) is 10.9 Å². The summed E-state index contributed by atoms with van der Waals surface area (Å²) >= 11 is 0. The molecule has 0 aliphatic carbocycles. The highest BCUT2D eigenvalue weighted by atomic mass is 16.6. The highest BCUT2D eigenvalue weighted by Crippen LogP contribution is 2.35. The fourth-order valence-corrected chi connectivity index (χ4v) is 3.49. The number of benzene rings is 2. The first-order valence-electron chi connectivity index (χ1n) is 9.41. The monoisotopic (exact) mass is 379 g/mol. The SMILES string of the molecule is CC(C)CNC(=O)C[C@@H](c1cccc([N+](=O)[O-])c1)c1cn(C)c2ccccc12. The number of nitro benzene ring substituents is 1. The van der Waals surface area contributed by atoms with Crippen LogP contribution in [0.4, 0.5) is 5.69 Å². The van der Waals surface area contributed by atoms with Crippen LogP contribution in [-0.2, 0) is 11.8 Å². The lowest BCUT2D eigenvalue weighted by molar-refractivity contribution is -0.384. The van der Waals surface area contributed by atoms with Crippen molar-refractivity contribution in [3.63, 3.8) is 0 Å². The van der Waals surface area contributed by atoms with Gasteiger partial charge in [-0.05, 0) is 23.1 Å². The summed E-state index contributed by atoms with van der Waals surface area (Å²) in [4.78, 5) is 23.5. The Bertz CT molecular complexity index is 1010. The van der Waals surface area contributed by atoms with E-state index in [2.05, 4.69) is 5.32 Å². The van der Waals surface area contributed by atoms with Gasteiger partial charge in [0.15, 0.2) is 0 Å². The van der Waals surface area contributed by atoms with Gasteiger partial charge in [0.2, 0.25) is 5.91 Å². The summed E-state index contributed by atoms with van der Waals surface area (Å²) in [6.07, 6.45) is 2.26. The average molecular weight is 379 g/mol. The first-order chi connectivity index (χ1) is 13.4. The van der Waals surface area contributed by atoms with Gasteiger partial charge in [0, 0.05) is 55.2 Å². The molecule has 0 aliphatic heterocycles. The number of carbonyl (C=O) groups excluding carboxylic acids is 1. The Morgan fingerprint density at radius 1 is 1.18 bits per heavy atom. The maximum absolute atomic E-state index is 12.6. The van der Waals surface area contributed by atoms with E-state index >= 15 is 0 Å². The van der Waals surface area contributed by atoms with Crippen LogP contribution >= 0.6 is 0 Å². The van der Waals surface area contributed by atoms with Crippen LogP contribution in [0.3, 0.4) is 0 Å². The predicted molar refractivity (Wildman–Crippen MR) is 110 cm³/mol. The van der Waals surface area contributed by atoms with Gasteiger partial charge in [0.05, 0.1) is 4.92 Å². The second kappa shape index (κ2) is 8.25. The summed E-state index contributed by atoms with van der Waals surface area (Å²) in [5, 5.41) is 15.3. The Balaban J connectivity index is 2.05. The lowest BCUT2D eigenvalue weighted by Crippen LogP contribution is -2.28. The number of fused-ring (bicyclic) bond motifs is 1. The highest BCUT2D eigenvalue weighted by Gasteiger charge is 2.23. The molecule has 1 N–H and O–H groups in total. The number of nitrogens with one attached hydrogen (secondary N) is 1. The fraction of sp³-hybridized carbons (Fsp3) is 0.318. The zero-order valence-electron chi connectivity index (χ0n) is 16.4. The van der Waals surface area contributed by atoms with Crippen LogP contribution < -0.4 is 5.32 Å². The zero-order valence-corrected chi connectivity index (χ0v) is 16.4. The molecule has 28 heavy (non-hydrogen) atoms. The summed E-state index contributed by atoms with van der Waals surface area (Å²) in [6, 6.07) is 14.6. The molecule has 2 aromatic carbocycles.